The molecule has 1 fully saturated rings. The molecule has 2 unspecified atom stereocenters. The monoisotopic (exact) mass is 274 g/mol. The van der Waals surface area contributed by atoms with Gasteiger partial charge in [0.15, 0.2) is 0 Å². The molecule has 110 valence electrons. The van der Waals surface area contributed by atoms with Crippen LogP contribution in [0.4, 0.5) is 11.4 Å². The summed E-state index contributed by atoms with van der Waals surface area (Å²) in [5.41, 5.74) is 3.25. The Kier molecular flexibility index (Phi) is 5.05. The Bertz CT molecular complexity index is 470. The van der Waals surface area contributed by atoms with Crippen molar-refractivity contribution in [2.24, 2.45) is 5.92 Å². The van der Waals surface area contributed by atoms with Gasteiger partial charge in [-0.2, -0.15) is 0 Å². The number of benzene rings is 1. The molecule has 1 saturated carbocycles. The van der Waals surface area contributed by atoms with E-state index in [9.17, 15) is 4.79 Å². The third-order valence-corrected chi connectivity index (χ3v) is 4.28. The predicted molar refractivity (Wildman–Crippen MR) is 85.1 cm³/mol. The molecule has 2 N–H and O–H groups in total. The standard InChI is InChI=1S/C17H26N2O/c1-4-14-6-5-7-15(10-14)19-17-11-16(18-13(3)20)9-8-12(17)2/h8-9,11,14-15,19H,4-7,10H2,1-3H3,(H,18,20). The van der Waals surface area contributed by atoms with Crippen molar-refractivity contribution in [1.82, 2.24) is 0 Å². The van der Waals surface area contributed by atoms with E-state index in [1.54, 1.807) is 6.92 Å². The number of hydrogen-bond acceptors (Lipinski definition) is 2. The molecule has 3 nitrogen and oxygen atoms in total. The fraction of sp³-hybridized carbons (Fsp3) is 0.588. The van der Waals surface area contributed by atoms with Crippen molar-refractivity contribution in [2.75, 3.05) is 10.6 Å². The molecule has 1 aromatic rings. The molecule has 0 saturated heterocycles. The summed E-state index contributed by atoms with van der Waals surface area (Å²) in [5, 5.41) is 6.53. The average molecular weight is 274 g/mol. The third-order valence-electron chi connectivity index (χ3n) is 4.28. The summed E-state index contributed by atoms with van der Waals surface area (Å²) in [4.78, 5) is 11.1. The summed E-state index contributed by atoms with van der Waals surface area (Å²) >= 11 is 0. The zero-order valence-electron chi connectivity index (χ0n) is 12.8. The van der Waals surface area contributed by atoms with Gasteiger partial charge in [0.05, 0.1) is 0 Å². The molecule has 0 radical (unpaired) electrons. The highest BCUT2D eigenvalue weighted by atomic mass is 16.1. The van der Waals surface area contributed by atoms with Gasteiger partial charge in [0.2, 0.25) is 5.91 Å². The molecule has 20 heavy (non-hydrogen) atoms. The molecule has 1 aromatic carbocycles. The normalized spacial score (nSPS) is 22.4. The molecule has 1 aliphatic rings. The lowest BCUT2D eigenvalue weighted by atomic mass is 9.84. The summed E-state index contributed by atoms with van der Waals surface area (Å²) in [6.07, 6.45) is 6.49. The molecule has 0 spiro atoms. The second-order valence-corrected chi connectivity index (χ2v) is 5.99. The van der Waals surface area contributed by atoms with Crippen LogP contribution >= 0.6 is 0 Å². The Morgan fingerprint density at radius 2 is 2.15 bits per heavy atom. The predicted octanol–water partition coefficient (Wildman–Crippen LogP) is 4.33. The summed E-state index contributed by atoms with van der Waals surface area (Å²) in [5.74, 6) is 0.837. The van der Waals surface area contributed by atoms with Gasteiger partial charge in [-0.05, 0) is 43.4 Å². The van der Waals surface area contributed by atoms with Gasteiger partial charge in [-0.15, -0.1) is 0 Å². The molecular weight excluding hydrogens is 248 g/mol. The second kappa shape index (κ2) is 6.78. The molecule has 2 rings (SSSR count). The third kappa shape index (κ3) is 3.99. The van der Waals surface area contributed by atoms with Crippen LogP contribution in [-0.2, 0) is 4.79 Å². The first-order chi connectivity index (χ1) is 9.58. The Morgan fingerprint density at radius 3 is 2.85 bits per heavy atom. The molecule has 1 amide bonds. The number of rotatable bonds is 4. The van der Waals surface area contributed by atoms with Gasteiger partial charge in [0.25, 0.3) is 0 Å². The maximum Gasteiger partial charge on any atom is 0.221 e. The topological polar surface area (TPSA) is 41.1 Å². The van der Waals surface area contributed by atoms with Crippen molar-refractivity contribution >= 4 is 17.3 Å². The number of anilines is 2. The first-order valence-electron chi connectivity index (χ1n) is 7.73. The van der Waals surface area contributed by atoms with Crippen LogP contribution in [0.5, 0.6) is 0 Å². The second-order valence-electron chi connectivity index (χ2n) is 5.99. The highest BCUT2D eigenvalue weighted by Crippen LogP contribution is 2.30. The maximum absolute atomic E-state index is 11.1. The lowest BCUT2D eigenvalue weighted by Crippen LogP contribution is -2.27. The molecule has 0 heterocycles. The lowest BCUT2D eigenvalue weighted by Gasteiger charge is -2.30. The Balaban J connectivity index is 2.05. The molecule has 3 heteroatoms. The van der Waals surface area contributed by atoms with Crippen molar-refractivity contribution in [3.63, 3.8) is 0 Å². The number of hydrogen-bond donors (Lipinski definition) is 2. The summed E-state index contributed by atoms with van der Waals surface area (Å²) < 4.78 is 0. The fourth-order valence-electron chi connectivity index (χ4n) is 3.07. The Hall–Kier alpha value is -1.51. The van der Waals surface area contributed by atoms with Gasteiger partial charge in [-0.1, -0.05) is 32.3 Å². The van der Waals surface area contributed by atoms with Crippen LogP contribution in [0.2, 0.25) is 0 Å². The van der Waals surface area contributed by atoms with Crippen molar-refractivity contribution in [3.05, 3.63) is 23.8 Å². The van der Waals surface area contributed by atoms with Crippen molar-refractivity contribution < 1.29 is 4.79 Å². The van der Waals surface area contributed by atoms with E-state index in [0.717, 1.165) is 17.3 Å². The lowest BCUT2D eigenvalue weighted by molar-refractivity contribution is -0.114. The van der Waals surface area contributed by atoms with E-state index in [1.807, 2.05) is 12.1 Å². The quantitative estimate of drug-likeness (QED) is 0.857. The average Bonchev–Trinajstić information content (AvgIpc) is 2.42. The van der Waals surface area contributed by atoms with Crippen LogP contribution in [0.25, 0.3) is 0 Å². The number of carbonyl (C=O) groups excluding carboxylic acids is 1. The van der Waals surface area contributed by atoms with E-state index in [4.69, 9.17) is 0 Å². The SMILES string of the molecule is CCC1CCCC(Nc2cc(NC(C)=O)ccc2C)C1. The zero-order chi connectivity index (χ0) is 14.5. The fourth-order valence-corrected chi connectivity index (χ4v) is 3.07. The summed E-state index contributed by atoms with van der Waals surface area (Å²) in [7, 11) is 0. The highest BCUT2D eigenvalue weighted by molar-refractivity contribution is 5.89. The molecule has 0 aliphatic heterocycles. The molecular formula is C17H26N2O. The largest absolute Gasteiger partial charge is 0.382 e. The zero-order valence-corrected chi connectivity index (χ0v) is 12.8. The minimum Gasteiger partial charge on any atom is -0.382 e. The first-order valence-corrected chi connectivity index (χ1v) is 7.73. The maximum atomic E-state index is 11.1. The van der Waals surface area contributed by atoms with E-state index in [0.29, 0.717) is 6.04 Å². The summed E-state index contributed by atoms with van der Waals surface area (Å²) in [6.45, 7) is 5.94. The van der Waals surface area contributed by atoms with E-state index in [1.165, 1.54) is 37.7 Å². The van der Waals surface area contributed by atoms with Gasteiger partial charge >= 0.3 is 0 Å². The number of amides is 1. The Labute approximate surface area is 122 Å². The van der Waals surface area contributed by atoms with Crippen LogP contribution in [0.3, 0.4) is 0 Å². The minimum absolute atomic E-state index is 0.0245. The van der Waals surface area contributed by atoms with Gasteiger partial charge < -0.3 is 10.6 Å². The van der Waals surface area contributed by atoms with Gasteiger partial charge in [0, 0.05) is 24.3 Å². The first kappa shape index (κ1) is 14.9. The number of nitrogens with one attached hydrogen (secondary N) is 2. The molecule has 0 bridgehead atoms. The van der Waals surface area contributed by atoms with Gasteiger partial charge in [0.1, 0.15) is 0 Å². The van der Waals surface area contributed by atoms with Crippen LogP contribution in [0.15, 0.2) is 18.2 Å². The Morgan fingerprint density at radius 1 is 1.35 bits per heavy atom. The summed E-state index contributed by atoms with van der Waals surface area (Å²) in [6, 6.07) is 6.64. The van der Waals surface area contributed by atoms with E-state index < -0.39 is 0 Å². The number of aryl methyl sites for hydroxylation is 1. The van der Waals surface area contributed by atoms with Crippen molar-refractivity contribution in [2.45, 2.75) is 58.9 Å². The molecule has 1 aliphatic carbocycles. The van der Waals surface area contributed by atoms with Crippen LogP contribution in [0, 0.1) is 12.8 Å². The van der Waals surface area contributed by atoms with Gasteiger partial charge in [-0.3, -0.25) is 4.79 Å². The highest BCUT2D eigenvalue weighted by Gasteiger charge is 2.20. The van der Waals surface area contributed by atoms with Crippen LogP contribution < -0.4 is 10.6 Å². The molecule has 0 aromatic heterocycles. The van der Waals surface area contributed by atoms with Crippen LogP contribution in [-0.4, -0.2) is 11.9 Å². The van der Waals surface area contributed by atoms with Crippen LogP contribution in [0.1, 0.15) is 51.5 Å². The molecule has 2 atom stereocenters. The van der Waals surface area contributed by atoms with Crippen molar-refractivity contribution in [1.29, 1.82) is 0 Å². The van der Waals surface area contributed by atoms with Gasteiger partial charge in [-0.25, -0.2) is 0 Å². The van der Waals surface area contributed by atoms with E-state index in [2.05, 4.69) is 30.5 Å². The number of carbonyl (C=O) groups is 1. The van der Waals surface area contributed by atoms with E-state index in [-0.39, 0.29) is 5.91 Å². The minimum atomic E-state index is -0.0245. The van der Waals surface area contributed by atoms with Crippen molar-refractivity contribution in [3.8, 4) is 0 Å². The van der Waals surface area contributed by atoms with E-state index >= 15 is 0 Å². The smallest absolute Gasteiger partial charge is 0.221 e.